The van der Waals surface area contributed by atoms with E-state index in [1.54, 1.807) is 0 Å². The standard InChI is InChI=1S/C22H19ClN2O/c1-12-20-16(6-7-24-12)18-10-15(23)9-17(21(18)25-20)13-4-5-14-11-22(2,3)26-19(14)8-13/h4-10,25H,11H2,1-3H3. The Kier molecular flexibility index (Phi) is 3.17. The quantitative estimate of drug-likeness (QED) is 0.447. The first-order valence-corrected chi connectivity index (χ1v) is 9.18. The minimum atomic E-state index is -0.144. The number of aryl methyl sites for hydroxylation is 1. The Morgan fingerprint density at radius 2 is 1.92 bits per heavy atom. The summed E-state index contributed by atoms with van der Waals surface area (Å²) in [6.45, 7) is 6.26. The van der Waals surface area contributed by atoms with Gasteiger partial charge in [0, 0.05) is 34.0 Å². The third kappa shape index (κ3) is 2.31. The maximum Gasteiger partial charge on any atom is 0.124 e. The molecule has 3 nitrogen and oxygen atoms in total. The fourth-order valence-corrected chi connectivity index (χ4v) is 4.23. The monoisotopic (exact) mass is 362 g/mol. The van der Waals surface area contributed by atoms with Crippen LogP contribution in [0, 0.1) is 6.92 Å². The number of H-pyrrole nitrogens is 1. The molecule has 2 aromatic carbocycles. The minimum Gasteiger partial charge on any atom is -0.487 e. The van der Waals surface area contributed by atoms with Gasteiger partial charge < -0.3 is 9.72 Å². The highest BCUT2D eigenvalue weighted by atomic mass is 35.5. The second-order valence-electron chi connectivity index (χ2n) is 7.68. The maximum absolute atomic E-state index is 6.47. The van der Waals surface area contributed by atoms with Gasteiger partial charge in [0.1, 0.15) is 11.4 Å². The van der Waals surface area contributed by atoms with Crippen LogP contribution in [0.5, 0.6) is 5.75 Å². The summed E-state index contributed by atoms with van der Waals surface area (Å²) < 4.78 is 6.12. The summed E-state index contributed by atoms with van der Waals surface area (Å²) in [6.07, 6.45) is 2.78. The van der Waals surface area contributed by atoms with Crippen LogP contribution < -0.4 is 4.74 Å². The van der Waals surface area contributed by atoms with Crippen molar-refractivity contribution in [3.63, 3.8) is 0 Å². The average Bonchev–Trinajstić information content (AvgIpc) is 3.10. The molecule has 4 heteroatoms. The lowest BCUT2D eigenvalue weighted by Gasteiger charge is -2.17. The fraction of sp³-hybridized carbons (Fsp3) is 0.227. The van der Waals surface area contributed by atoms with Crippen LogP contribution in [0.15, 0.2) is 42.6 Å². The number of nitrogens with zero attached hydrogens (tertiary/aromatic N) is 1. The number of fused-ring (bicyclic) bond motifs is 4. The van der Waals surface area contributed by atoms with Gasteiger partial charge in [-0.25, -0.2) is 0 Å². The van der Waals surface area contributed by atoms with E-state index in [0.717, 1.165) is 55.8 Å². The maximum atomic E-state index is 6.47. The Labute approximate surface area is 157 Å². The van der Waals surface area contributed by atoms with Crippen molar-refractivity contribution in [3.8, 4) is 16.9 Å². The van der Waals surface area contributed by atoms with Gasteiger partial charge in [-0.2, -0.15) is 0 Å². The van der Waals surface area contributed by atoms with Gasteiger partial charge in [0.05, 0.1) is 16.7 Å². The molecule has 130 valence electrons. The van der Waals surface area contributed by atoms with Crippen LogP contribution in [0.4, 0.5) is 0 Å². The molecular weight excluding hydrogens is 344 g/mol. The normalized spacial score (nSPS) is 15.4. The zero-order valence-electron chi connectivity index (χ0n) is 15.0. The molecule has 0 unspecified atom stereocenters. The fourth-order valence-electron chi connectivity index (χ4n) is 4.01. The molecule has 0 saturated heterocycles. The van der Waals surface area contributed by atoms with Gasteiger partial charge in [-0.05, 0) is 56.2 Å². The molecule has 0 atom stereocenters. The number of hydrogen-bond donors (Lipinski definition) is 1. The molecule has 0 aliphatic carbocycles. The van der Waals surface area contributed by atoms with Crippen LogP contribution in [0.25, 0.3) is 32.9 Å². The molecule has 26 heavy (non-hydrogen) atoms. The smallest absolute Gasteiger partial charge is 0.124 e. The van der Waals surface area contributed by atoms with Gasteiger partial charge >= 0.3 is 0 Å². The van der Waals surface area contributed by atoms with Crippen LogP contribution in [-0.4, -0.2) is 15.6 Å². The lowest BCUT2D eigenvalue weighted by atomic mass is 9.98. The van der Waals surface area contributed by atoms with Gasteiger partial charge in [0.25, 0.3) is 0 Å². The lowest BCUT2D eigenvalue weighted by molar-refractivity contribution is 0.138. The number of pyridine rings is 1. The Bertz CT molecular complexity index is 1190. The molecule has 1 N–H and O–H groups in total. The van der Waals surface area contributed by atoms with E-state index in [0.29, 0.717) is 0 Å². The number of aromatic nitrogens is 2. The molecule has 0 saturated carbocycles. The molecule has 2 aromatic heterocycles. The number of benzene rings is 2. The topological polar surface area (TPSA) is 37.9 Å². The second-order valence-corrected chi connectivity index (χ2v) is 8.12. The third-order valence-electron chi connectivity index (χ3n) is 5.16. The molecule has 3 heterocycles. The Morgan fingerprint density at radius 3 is 2.77 bits per heavy atom. The highest BCUT2D eigenvalue weighted by Gasteiger charge is 2.30. The van der Waals surface area contributed by atoms with E-state index in [2.05, 4.69) is 42.0 Å². The summed E-state index contributed by atoms with van der Waals surface area (Å²) in [5, 5.41) is 2.99. The van der Waals surface area contributed by atoms with Gasteiger partial charge in [-0.15, -0.1) is 0 Å². The van der Waals surface area contributed by atoms with Crippen LogP contribution in [0.2, 0.25) is 5.02 Å². The number of halogens is 1. The third-order valence-corrected chi connectivity index (χ3v) is 5.38. The van der Waals surface area contributed by atoms with Crippen LogP contribution >= 0.6 is 11.6 Å². The lowest BCUT2D eigenvalue weighted by Crippen LogP contribution is -2.24. The van der Waals surface area contributed by atoms with E-state index < -0.39 is 0 Å². The molecule has 0 amide bonds. The van der Waals surface area contributed by atoms with E-state index in [9.17, 15) is 0 Å². The highest BCUT2D eigenvalue weighted by Crippen LogP contribution is 2.41. The van der Waals surface area contributed by atoms with E-state index in [4.69, 9.17) is 16.3 Å². The summed E-state index contributed by atoms with van der Waals surface area (Å²) in [6, 6.07) is 12.5. The molecule has 0 bridgehead atoms. The van der Waals surface area contributed by atoms with E-state index in [1.165, 1.54) is 5.56 Å². The summed E-state index contributed by atoms with van der Waals surface area (Å²) in [5.41, 5.74) is 6.43. The van der Waals surface area contributed by atoms with Crippen molar-refractivity contribution in [1.29, 1.82) is 0 Å². The molecule has 0 spiro atoms. The molecule has 1 aliphatic rings. The van der Waals surface area contributed by atoms with Crippen molar-refractivity contribution in [2.45, 2.75) is 32.8 Å². The van der Waals surface area contributed by atoms with Crippen molar-refractivity contribution < 1.29 is 4.74 Å². The van der Waals surface area contributed by atoms with Crippen molar-refractivity contribution in [1.82, 2.24) is 9.97 Å². The van der Waals surface area contributed by atoms with Crippen molar-refractivity contribution in [2.24, 2.45) is 0 Å². The predicted octanol–water partition coefficient (Wildman–Crippen LogP) is 6.06. The van der Waals surface area contributed by atoms with E-state index >= 15 is 0 Å². The van der Waals surface area contributed by atoms with Gasteiger partial charge in [-0.1, -0.05) is 23.7 Å². The first kappa shape index (κ1) is 15.7. The Hall–Kier alpha value is -2.52. The number of hydrogen-bond acceptors (Lipinski definition) is 2. The summed E-state index contributed by atoms with van der Waals surface area (Å²) >= 11 is 6.47. The Balaban J connectivity index is 1.78. The van der Waals surface area contributed by atoms with Crippen molar-refractivity contribution >= 4 is 33.4 Å². The molecular formula is C22H19ClN2O. The van der Waals surface area contributed by atoms with E-state index in [1.807, 2.05) is 31.3 Å². The summed E-state index contributed by atoms with van der Waals surface area (Å²) in [4.78, 5) is 7.97. The number of nitrogens with one attached hydrogen (secondary N) is 1. The number of ether oxygens (including phenoxy) is 1. The van der Waals surface area contributed by atoms with E-state index in [-0.39, 0.29) is 5.60 Å². The second kappa shape index (κ2) is 5.24. The molecule has 0 fully saturated rings. The van der Waals surface area contributed by atoms with Crippen LogP contribution in [0.1, 0.15) is 25.1 Å². The first-order valence-electron chi connectivity index (χ1n) is 8.80. The molecule has 1 aliphatic heterocycles. The zero-order chi connectivity index (χ0) is 18.1. The van der Waals surface area contributed by atoms with Crippen LogP contribution in [-0.2, 0) is 6.42 Å². The number of rotatable bonds is 1. The summed E-state index contributed by atoms with van der Waals surface area (Å²) in [7, 11) is 0. The highest BCUT2D eigenvalue weighted by molar-refractivity contribution is 6.32. The minimum absolute atomic E-state index is 0.144. The van der Waals surface area contributed by atoms with Gasteiger partial charge in [-0.3, -0.25) is 4.98 Å². The van der Waals surface area contributed by atoms with Crippen LogP contribution in [0.3, 0.4) is 0 Å². The largest absolute Gasteiger partial charge is 0.487 e. The zero-order valence-corrected chi connectivity index (χ0v) is 15.7. The Morgan fingerprint density at radius 1 is 1.08 bits per heavy atom. The predicted molar refractivity (Wildman–Crippen MR) is 107 cm³/mol. The van der Waals surface area contributed by atoms with Crippen molar-refractivity contribution in [2.75, 3.05) is 0 Å². The molecule has 0 radical (unpaired) electrons. The SMILES string of the molecule is Cc1nccc2c1[nH]c1c(-c3ccc4c(c3)OC(C)(C)C4)cc(Cl)cc12. The van der Waals surface area contributed by atoms with Gasteiger partial charge in [0.15, 0.2) is 0 Å². The summed E-state index contributed by atoms with van der Waals surface area (Å²) in [5.74, 6) is 0.967. The average molecular weight is 363 g/mol. The first-order chi connectivity index (χ1) is 12.4. The van der Waals surface area contributed by atoms with Gasteiger partial charge in [0.2, 0.25) is 0 Å². The molecule has 4 aromatic rings. The molecule has 5 rings (SSSR count). The number of aromatic amines is 1. The van der Waals surface area contributed by atoms with Crippen molar-refractivity contribution in [3.05, 3.63) is 58.9 Å².